The first-order valence-corrected chi connectivity index (χ1v) is 15.9. The number of allylic oxidation sites excluding steroid dienone is 4. The van der Waals surface area contributed by atoms with Crippen molar-refractivity contribution in [3.63, 3.8) is 0 Å². The van der Waals surface area contributed by atoms with Crippen LogP contribution in [0.25, 0.3) is 0 Å². The van der Waals surface area contributed by atoms with Crippen LogP contribution in [0.5, 0.6) is 0 Å². The number of hydrogen-bond donors (Lipinski definition) is 2. The lowest BCUT2D eigenvalue weighted by Crippen LogP contribution is -2.41. The second kappa shape index (κ2) is 27.9. The fourth-order valence-corrected chi connectivity index (χ4v) is 4.12. The van der Waals surface area contributed by atoms with Crippen molar-refractivity contribution in [2.24, 2.45) is 5.41 Å². The number of aliphatic hydroxyl groups excluding tert-OH is 2. The maximum absolute atomic E-state index is 12.1. The van der Waals surface area contributed by atoms with Gasteiger partial charge in [-0.2, -0.15) is 0 Å². The summed E-state index contributed by atoms with van der Waals surface area (Å²) >= 11 is 0. The first-order valence-electron chi connectivity index (χ1n) is 15.9. The number of carbonyl (C=O) groups is 2. The molecule has 0 saturated carbocycles. The molecule has 0 bridgehead atoms. The number of aliphatic hydroxyl groups is 2. The minimum absolute atomic E-state index is 0.163. The van der Waals surface area contributed by atoms with E-state index >= 15 is 0 Å². The Balaban J connectivity index is 3.91. The summed E-state index contributed by atoms with van der Waals surface area (Å²) in [6.07, 6.45) is 29.7. The fraction of sp³-hybridized carbons (Fsp3) is 0.818. The van der Waals surface area contributed by atoms with Crippen molar-refractivity contribution in [2.45, 2.75) is 142 Å². The number of hydrogen-bond acceptors (Lipinski definition) is 6. The lowest BCUT2D eigenvalue weighted by molar-refractivity contribution is -0.159. The molecule has 0 heterocycles. The van der Waals surface area contributed by atoms with E-state index in [9.17, 15) is 19.8 Å². The van der Waals surface area contributed by atoms with E-state index < -0.39 is 18.6 Å². The Kier molecular flexibility index (Phi) is 26.7. The Bertz CT molecular complexity index is 574. The molecule has 0 fully saturated rings. The summed E-state index contributed by atoms with van der Waals surface area (Å²) in [5, 5.41) is 19.6. The average Bonchev–Trinajstić information content (AvgIpc) is 2.95. The van der Waals surface area contributed by atoms with Crippen LogP contribution in [-0.2, 0) is 19.1 Å². The van der Waals surface area contributed by atoms with Crippen molar-refractivity contribution in [3.8, 4) is 0 Å². The number of carbonyl (C=O) groups excluding carboxylic acids is 2. The predicted octanol–water partition coefficient (Wildman–Crippen LogP) is 8.00. The molecule has 0 aliphatic heterocycles. The third kappa shape index (κ3) is 23.9. The molecule has 6 heteroatoms. The predicted molar refractivity (Wildman–Crippen MR) is 160 cm³/mol. The minimum atomic E-state index is -1.17. The highest BCUT2D eigenvalue weighted by atomic mass is 16.5. The fourth-order valence-electron chi connectivity index (χ4n) is 4.12. The first-order chi connectivity index (χ1) is 19.0. The Morgan fingerprint density at radius 1 is 0.538 bits per heavy atom. The van der Waals surface area contributed by atoms with E-state index in [4.69, 9.17) is 9.47 Å². The van der Waals surface area contributed by atoms with Crippen LogP contribution in [0.2, 0.25) is 0 Å². The number of unbranched alkanes of at least 4 members (excludes halogenated alkanes) is 14. The molecule has 6 nitrogen and oxygen atoms in total. The van der Waals surface area contributed by atoms with E-state index in [1.807, 2.05) is 0 Å². The standard InChI is InChI=1S/C33H60O6/c1-3-5-7-9-11-13-15-17-19-21-23-25-31(36)38-29-33(27-34,28-35)30-39-32(37)26-24-22-20-18-16-14-12-10-8-6-4-2/h9-12,34-35H,3-8,13-30H2,1-2H3/b11-9-,12-10-. The molecule has 0 radical (unpaired) electrons. The van der Waals surface area contributed by atoms with E-state index in [2.05, 4.69) is 38.2 Å². The molecule has 39 heavy (non-hydrogen) atoms. The maximum Gasteiger partial charge on any atom is 0.305 e. The zero-order valence-corrected chi connectivity index (χ0v) is 25.3. The smallest absolute Gasteiger partial charge is 0.305 e. The summed E-state index contributed by atoms with van der Waals surface area (Å²) in [7, 11) is 0. The summed E-state index contributed by atoms with van der Waals surface area (Å²) in [6, 6.07) is 0. The second-order valence-electron chi connectivity index (χ2n) is 11.0. The molecule has 0 aromatic carbocycles. The first kappa shape index (κ1) is 37.3. The lowest BCUT2D eigenvalue weighted by Gasteiger charge is -2.28. The zero-order valence-electron chi connectivity index (χ0n) is 25.3. The monoisotopic (exact) mass is 552 g/mol. The molecule has 2 N–H and O–H groups in total. The Hall–Kier alpha value is -1.66. The third-order valence-electron chi connectivity index (χ3n) is 7.03. The van der Waals surface area contributed by atoms with Crippen molar-refractivity contribution in [1.29, 1.82) is 0 Å². The van der Waals surface area contributed by atoms with E-state index in [-0.39, 0.29) is 25.2 Å². The Labute approximate surface area is 239 Å². The quantitative estimate of drug-likeness (QED) is 0.0580. The van der Waals surface area contributed by atoms with Gasteiger partial charge in [-0.15, -0.1) is 0 Å². The average molecular weight is 553 g/mol. The van der Waals surface area contributed by atoms with E-state index in [0.29, 0.717) is 12.8 Å². The molecule has 0 aromatic rings. The summed E-state index contributed by atoms with van der Waals surface area (Å²) in [5.74, 6) is -0.689. The summed E-state index contributed by atoms with van der Waals surface area (Å²) < 4.78 is 10.6. The van der Waals surface area contributed by atoms with Crippen LogP contribution in [0.15, 0.2) is 24.3 Å². The highest BCUT2D eigenvalue weighted by Crippen LogP contribution is 2.19. The highest BCUT2D eigenvalue weighted by molar-refractivity contribution is 5.69. The van der Waals surface area contributed by atoms with Crippen LogP contribution in [-0.4, -0.2) is 48.6 Å². The van der Waals surface area contributed by atoms with Crippen LogP contribution in [0.3, 0.4) is 0 Å². The van der Waals surface area contributed by atoms with Gasteiger partial charge in [-0.3, -0.25) is 9.59 Å². The minimum Gasteiger partial charge on any atom is -0.465 e. The van der Waals surface area contributed by atoms with Gasteiger partial charge in [0.05, 0.1) is 18.6 Å². The molecule has 0 aliphatic rings. The van der Waals surface area contributed by atoms with Gasteiger partial charge in [0.15, 0.2) is 0 Å². The largest absolute Gasteiger partial charge is 0.465 e. The SMILES string of the molecule is CCCC/C=C\CCCCCCCC(=O)OCC(CO)(CO)COC(=O)CCCCCCC/C=C\CCCC. The van der Waals surface area contributed by atoms with Crippen LogP contribution < -0.4 is 0 Å². The van der Waals surface area contributed by atoms with Gasteiger partial charge in [-0.1, -0.05) is 102 Å². The van der Waals surface area contributed by atoms with Crippen molar-refractivity contribution >= 4 is 11.9 Å². The summed E-state index contributed by atoms with van der Waals surface area (Å²) in [5.41, 5.74) is -1.17. The van der Waals surface area contributed by atoms with Gasteiger partial charge >= 0.3 is 11.9 Å². The molecule has 0 rings (SSSR count). The number of rotatable bonds is 28. The van der Waals surface area contributed by atoms with E-state index in [1.165, 1.54) is 51.4 Å². The molecular formula is C33H60O6. The molecule has 0 atom stereocenters. The van der Waals surface area contributed by atoms with Crippen molar-refractivity contribution in [3.05, 3.63) is 24.3 Å². The zero-order chi connectivity index (χ0) is 28.9. The van der Waals surface area contributed by atoms with Crippen LogP contribution >= 0.6 is 0 Å². The van der Waals surface area contributed by atoms with Crippen molar-refractivity contribution in [1.82, 2.24) is 0 Å². The van der Waals surface area contributed by atoms with Gasteiger partial charge in [0.25, 0.3) is 0 Å². The molecule has 0 spiro atoms. The lowest BCUT2D eigenvalue weighted by atomic mass is 9.92. The molecule has 0 amide bonds. The normalized spacial score (nSPS) is 12.0. The van der Waals surface area contributed by atoms with E-state index in [0.717, 1.165) is 64.2 Å². The number of esters is 2. The van der Waals surface area contributed by atoms with Crippen LogP contribution in [0.1, 0.15) is 142 Å². The maximum atomic E-state index is 12.1. The Morgan fingerprint density at radius 3 is 1.23 bits per heavy atom. The van der Waals surface area contributed by atoms with Crippen molar-refractivity contribution in [2.75, 3.05) is 26.4 Å². The van der Waals surface area contributed by atoms with Gasteiger partial charge in [0.2, 0.25) is 0 Å². The topological polar surface area (TPSA) is 93.1 Å². The van der Waals surface area contributed by atoms with Gasteiger partial charge in [-0.25, -0.2) is 0 Å². The summed E-state index contributed by atoms with van der Waals surface area (Å²) in [4.78, 5) is 24.3. The molecular weight excluding hydrogens is 492 g/mol. The molecule has 228 valence electrons. The van der Waals surface area contributed by atoms with Crippen molar-refractivity contribution < 1.29 is 29.3 Å². The van der Waals surface area contributed by atoms with E-state index in [1.54, 1.807) is 0 Å². The summed E-state index contributed by atoms with van der Waals surface area (Å²) in [6.45, 7) is 3.23. The van der Waals surface area contributed by atoms with Crippen LogP contribution in [0, 0.1) is 5.41 Å². The molecule has 0 aliphatic carbocycles. The van der Waals surface area contributed by atoms with Gasteiger partial charge in [0.1, 0.15) is 13.2 Å². The third-order valence-corrected chi connectivity index (χ3v) is 7.03. The van der Waals surface area contributed by atoms with Gasteiger partial charge in [0, 0.05) is 12.8 Å². The van der Waals surface area contributed by atoms with Gasteiger partial charge in [-0.05, 0) is 51.4 Å². The molecule has 0 aromatic heterocycles. The second-order valence-corrected chi connectivity index (χ2v) is 11.0. The molecule has 0 unspecified atom stereocenters. The van der Waals surface area contributed by atoms with Crippen LogP contribution in [0.4, 0.5) is 0 Å². The Morgan fingerprint density at radius 2 is 0.872 bits per heavy atom. The highest BCUT2D eigenvalue weighted by Gasteiger charge is 2.32. The van der Waals surface area contributed by atoms with Gasteiger partial charge < -0.3 is 19.7 Å². The number of ether oxygens (including phenoxy) is 2. The molecule has 0 saturated heterocycles.